The second kappa shape index (κ2) is 10.3. The fourth-order valence-electron chi connectivity index (χ4n) is 4.46. The van der Waals surface area contributed by atoms with Crippen molar-refractivity contribution in [1.29, 1.82) is 0 Å². The molecule has 0 aliphatic carbocycles. The minimum atomic E-state index is -0.415. The van der Waals surface area contributed by atoms with E-state index in [1.165, 1.54) is 0 Å². The summed E-state index contributed by atoms with van der Waals surface area (Å²) in [5, 5.41) is 6.34. The lowest BCUT2D eigenvalue weighted by Gasteiger charge is -2.30. The summed E-state index contributed by atoms with van der Waals surface area (Å²) in [6.45, 7) is 0. The Balaban J connectivity index is 1.45. The Morgan fingerprint density at radius 1 is 1.06 bits per heavy atom. The molecule has 1 fully saturated rings. The molecule has 0 unspecified atom stereocenters. The van der Waals surface area contributed by atoms with E-state index in [1.54, 1.807) is 19.5 Å². The molecule has 2 heterocycles. The molecule has 0 saturated carbocycles. The first-order valence-electron chi connectivity index (χ1n) is 11.3. The Labute approximate surface area is 194 Å². The lowest BCUT2D eigenvalue weighted by atomic mass is 9.85. The van der Waals surface area contributed by atoms with E-state index >= 15 is 0 Å². The topological polar surface area (TPSA) is 80.3 Å². The monoisotopic (exact) mass is 443 g/mol. The molecule has 33 heavy (non-hydrogen) atoms. The van der Waals surface area contributed by atoms with Crippen LogP contribution in [0, 0.1) is 0 Å². The first kappa shape index (κ1) is 22.5. The van der Waals surface area contributed by atoms with Crippen LogP contribution in [0.15, 0.2) is 79.1 Å². The number of benzene rings is 2. The van der Waals surface area contributed by atoms with Crippen molar-refractivity contribution in [3.05, 3.63) is 95.8 Å². The number of amides is 2. The van der Waals surface area contributed by atoms with Gasteiger partial charge in [0.05, 0.1) is 13.2 Å². The van der Waals surface area contributed by atoms with Crippen LogP contribution in [0.5, 0.6) is 5.75 Å². The van der Waals surface area contributed by atoms with Crippen LogP contribution in [0.4, 0.5) is 0 Å². The number of rotatable bonds is 9. The second-order valence-corrected chi connectivity index (χ2v) is 8.55. The third kappa shape index (κ3) is 5.77. The third-order valence-electron chi connectivity index (χ3n) is 6.25. The highest BCUT2D eigenvalue weighted by Gasteiger charge is 2.38. The van der Waals surface area contributed by atoms with Crippen LogP contribution in [0.1, 0.15) is 48.4 Å². The van der Waals surface area contributed by atoms with E-state index in [0.717, 1.165) is 28.9 Å². The normalized spacial score (nSPS) is 18.4. The van der Waals surface area contributed by atoms with Gasteiger partial charge in [-0.15, -0.1) is 0 Å². The van der Waals surface area contributed by atoms with Crippen molar-refractivity contribution in [3.8, 4) is 5.75 Å². The molecule has 6 nitrogen and oxygen atoms in total. The minimum absolute atomic E-state index is 0.0443. The van der Waals surface area contributed by atoms with E-state index < -0.39 is 5.54 Å². The summed E-state index contributed by atoms with van der Waals surface area (Å²) in [5.74, 6) is 0.796. The van der Waals surface area contributed by atoms with Gasteiger partial charge in [-0.1, -0.05) is 42.5 Å². The number of hydrogen-bond donors (Lipinski definition) is 2. The number of aromatic nitrogens is 1. The Morgan fingerprint density at radius 2 is 1.76 bits per heavy atom. The molecule has 2 atom stereocenters. The van der Waals surface area contributed by atoms with Crippen molar-refractivity contribution >= 4 is 11.8 Å². The molecule has 0 radical (unpaired) electrons. The predicted octanol–water partition coefficient (Wildman–Crippen LogP) is 3.97. The summed E-state index contributed by atoms with van der Waals surface area (Å²) < 4.78 is 5.24. The molecule has 170 valence electrons. The zero-order chi connectivity index (χ0) is 23.1. The highest BCUT2D eigenvalue weighted by molar-refractivity contribution is 5.80. The molecule has 1 saturated heterocycles. The molecule has 0 bridgehead atoms. The van der Waals surface area contributed by atoms with Gasteiger partial charge in [0.25, 0.3) is 0 Å². The van der Waals surface area contributed by atoms with Crippen LogP contribution < -0.4 is 15.4 Å². The van der Waals surface area contributed by atoms with Crippen molar-refractivity contribution in [2.45, 2.75) is 43.7 Å². The number of carbonyl (C=O) groups is 2. The van der Waals surface area contributed by atoms with E-state index in [-0.39, 0.29) is 17.9 Å². The molecule has 6 heteroatoms. The number of hydrogen-bond acceptors (Lipinski definition) is 4. The van der Waals surface area contributed by atoms with E-state index in [0.29, 0.717) is 25.7 Å². The molecule has 2 N–H and O–H groups in total. The maximum Gasteiger partial charge on any atom is 0.220 e. The lowest BCUT2D eigenvalue weighted by Crippen LogP contribution is -2.44. The fraction of sp³-hybridized carbons (Fsp3) is 0.296. The van der Waals surface area contributed by atoms with Crippen LogP contribution in [0.25, 0.3) is 0 Å². The quantitative estimate of drug-likeness (QED) is 0.525. The summed E-state index contributed by atoms with van der Waals surface area (Å²) in [4.78, 5) is 29.3. The maximum atomic E-state index is 13.1. The molecule has 0 spiro atoms. The van der Waals surface area contributed by atoms with Gasteiger partial charge >= 0.3 is 0 Å². The van der Waals surface area contributed by atoms with Crippen LogP contribution >= 0.6 is 0 Å². The van der Waals surface area contributed by atoms with Crippen molar-refractivity contribution in [2.75, 3.05) is 7.11 Å². The lowest BCUT2D eigenvalue weighted by molar-refractivity contribution is -0.123. The van der Waals surface area contributed by atoms with Crippen LogP contribution in [-0.2, 0) is 16.0 Å². The molecule has 1 aromatic heterocycles. The zero-order valence-corrected chi connectivity index (χ0v) is 18.8. The molecule has 1 aliphatic rings. The SMILES string of the molecule is COc1ccc(C[C@@]2(CCC(=O)N[C@H](c3ccccc3)c3ccncc3)CCC(=O)N2)cc1. The molecular formula is C27H29N3O3. The largest absolute Gasteiger partial charge is 0.497 e. The van der Waals surface area contributed by atoms with E-state index in [4.69, 9.17) is 4.74 Å². The maximum absolute atomic E-state index is 13.1. The number of pyridine rings is 1. The number of carbonyl (C=O) groups excluding carboxylic acids is 2. The third-order valence-corrected chi connectivity index (χ3v) is 6.25. The molecule has 3 aromatic rings. The number of nitrogens with one attached hydrogen (secondary N) is 2. The molecular weight excluding hydrogens is 414 g/mol. The van der Waals surface area contributed by atoms with Gasteiger partial charge in [-0.3, -0.25) is 14.6 Å². The highest BCUT2D eigenvalue weighted by atomic mass is 16.5. The zero-order valence-electron chi connectivity index (χ0n) is 18.8. The van der Waals surface area contributed by atoms with Gasteiger partial charge < -0.3 is 15.4 Å². The molecule has 2 aromatic carbocycles. The number of nitrogens with zero attached hydrogens (tertiary/aromatic N) is 1. The molecule has 1 aliphatic heterocycles. The average Bonchev–Trinajstić information content (AvgIpc) is 3.23. The summed E-state index contributed by atoms with van der Waals surface area (Å²) >= 11 is 0. The van der Waals surface area contributed by atoms with Gasteiger partial charge in [0.1, 0.15) is 5.75 Å². The van der Waals surface area contributed by atoms with E-state index in [1.807, 2.05) is 66.7 Å². The molecule has 4 rings (SSSR count). The Bertz CT molecular complexity index is 1030. The number of methoxy groups -OCH3 is 1. The van der Waals surface area contributed by atoms with Crippen molar-refractivity contribution < 1.29 is 14.3 Å². The first-order chi connectivity index (χ1) is 16.1. The van der Waals surface area contributed by atoms with Gasteiger partial charge in [-0.2, -0.15) is 0 Å². The van der Waals surface area contributed by atoms with Gasteiger partial charge in [0.15, 0.2) is 0 Å². The standard InChI is InChI=1S/C27H29N3O3/c1-33-23-9-7-20(8-10-23)19-27(16-12-25(32)30-27)15-11-24(31)29-26(21-5-3-2-4-6-21)22-13-17-28-18-14-22/h2-10,13-14,17-18,26H,11-12,15-16,19H2,1H3,(H,29,31)(H,30,32)/t26-,27-/m1/s1. The Morgan fingerprint density at radius 3 is 2.39 bits per heavy atom. The second-order valence-electron chi connectivity index (χ2n) is 8.55. The summed E-state index contributed by atoms with van der Waals surface area (Å²) in [5.41, 5.74) is 2.69. The summed E-state index contributed by atoms with van der Waals surface area (Å²) in [6.07, 6.45) is 6.26. The van der Waals surface area contributed by atoms with Crippen LogP contribution in [0.3, 0.4) is 0 Å². The minimum Gasteiger partial charge on any atom is -0.497 e. The van der Waals surface area contributed by atoms with Gasteiger partial charge in [-0.25, -0.2) is 0 Å². The summed E-state index contributed by atoms with van der Waals surface area (Å²) in [7, 11) is 1.64. The highest BCUT2D eigenvalue weighted by Crippen LogP contribution is 2.30. The predicted molar refractivity (Wildman–Crippen MR) is 127 cm³/mol. The van der Waals surface area contributed by atoms with Gasteiger partial charge in [-0.05, 0) is 60.2 Å². The van der Waals surface area contributed by atoms with Crippen molar-refractivity contribution in [1.82, 2.24) is 15.6 Å². The average molecular weight is 444 g/mol. The molecule has 2 amide bonds. The smallest absolute Gasteiger partial charge is 0.220 e. The Kier molecular flexibility index (Phi) is 7.03. The Hall–Kier alpha value is -3.67. The van der Waals surface area contributed by atoms with Gasteiger partial charge in [0, 0.05) is 30.8 Å². The van der Waals surface area contributed by atoms with E-state index in [9.17, 15) is 9.59 Å². The van der Waals surface area contributed by atoms with E-state index in [2.05, 4.69) is 15.6 Å². The van der Waals surface area contributed by atoms with Gasteiger partial charge in [0.2, 0.25) is 11.8 Å². The first-order valence-corrected chi connectivity index (χ1v) is 11.3. The summed E-state index contributed by atoms with van der Waals surface area (Å²) in [6, 6.07) is 21.4. The van der Waals surface area contributed by atoms with Crippen LogP contribution in [0.2, 0.25) is 0 Å². The van der Waals surface area contributed by atoms with Crippen molar-refractivity contribution in [2.24, 2.45) is 0 Å². The fourth-order valence-corrected chi connectivity index (χ4v) is 4.46. The number of ether oxygens (including phenoxy) is 1. The van der Waals surface area contributed by atoms with Crippen molar-refractivity contribution in [3.63, 3.8) is 0 Å². The van der Waals surface area contributed by atoms with Crippen LogP contribution in [-0.4, -0.2) is 29.4 Å².